The van der Waals surface area contributed by atoms with Gasteiger partial charge in [0.1, 0.15) is 24.7 Å². The molecule has 1 N–H and O–H groups in total. The summed E-state index contributed by atoms with van der Waals surface area (Å²) in [6, 6.07) is 12.1. The van der Waals surface area contributed by atoms with E-state index in [1.807, 2.05) is 24.3 Å². The number of anilines is 1. The van der Waals surface area contributed by atoms with Gasteiger partial charge in [0.2, 0.25) is 0 Å². The van der Waals surface area contributed by atoms with E-state index in [0.29, 0.717) is 13.2 Å². The van der Waals surface area contributed by atoms with E-state index < -0.39 is 5.72 Å². The number of rotatable bonds is 3. The molecule has 6 heteroatoms. The van der Waals surface area contributed by atoms with Gasteiger partial charge in [-0.15, -0.1) is 0 Å². The number of benzene rings is 2. The monoisotopic (exact) mass is 382 g/mol. The molecule has 0 saturated carbocycles. The Hall–Kier alpha value is -2.44. The van der Waals surface area contributed by atoms with Gasteiger partial charge in [-0.1, -0.05) is 12.1 Å². The zero-order chi connectivity index (χ0) is 19.1. The summed E-state index contributed by atoms with van der Waals surface area (Å²) in [5.41, 5.74) is 2.38. The third kappa shape index (κ3) is 2.79. The van der Waals surface area contributed by atoms with E-state index in [0.717, 1.165) is 67.5 Å². The van der Waals surface area contributed by atoms with Crippen molar-refractivity contribution in [2.45, 2.75) is 18.6 Å². The number of aliphatic hydroxyl groups is 1. The smallest absolute Gasteiger partial charge is 0.184 e. The Balaban J connectivity index is 1.35. The number of fused-ring (bicyclic) bond motifs is 2. The molecule has 2 aliphatic heterocycles. The first-order valence-corrected chi connectivity index (χ1v) is 9.97. The number of hydrogen-bond donors (Lipinski definition) is 1. The molecule has 1 unspecified atom stereocenters. The molecule has 1 fully saturated rings. The molecular formula is C22H26N2O4. The van der Waals surface area contributed by atoms with E-state index in [-0.39, 0.29) is 0 Å². The molecule has 5 rings (SSSR count). The average molecular weight is 382 g/mol. The van der Waals surface area contributed by atoms with Crippen LogP contribution in [0.15, 0.2) is 36.4 Å². The van der Waals surface area contributed by atoms with Crippen molar-refractivity contribution in [2.24, 2.45) is 0 Å². The molecule has 0 radical (unpaired) electrons. The summed E-state index contributed by atoms with van der Waals surface area (Å²) in [5, 5.41) is 11.5. The van der Waals surface area contributed by atoms with Gasteiger partial charge in [0.15, 0.2) is 11.5 Å². The summed E-state index contributed by atoms with van der Waals surface area (Å²) in [5.74, 6) is 2.46. The summed E-state index contributed by atoms with van der Waals surface area (Å²) >= 11 is 0. The van der Waals surface area contributed by atoms with Gasteiger partial charge < -0.3 is 24.2 Å². The molecule has 0 amide bonds. The van der Waals surface area contributed by atoms with Crippen LogP contribution in [0.4, 0.5) is 5.69 Å². The molecular weight excluding hydrogens is 356 g/mol. The summed E-state index contributed by atoms with van der Waals surface area (Å²) in [7, 11) is 1.67. The molecule has 0 aromatic heterocycles. The number of aryl methyl sites for hydroxylation is 1. The van der Waals surface area contributed by atoms with Gasteiger partial charge >= 0.3 is 0 Å². The standard InChI is InChI=1S/C22H26N2O4/c1-26-17-6-5-16-7-8-22(25,18(16)15-17)24-11-9-23(10-12-24)19-3-2-4-20-21(19)28-14-13-27-20/h2-6,15,25H,7-14H2,1H3. The lowest BCUT2D eigenvalue weighted by molar-refractivity contribution is -0.116. The molecule has 148 valence electrons. The van der Waals surface area contributed by atoms with Crippen LogP contribution in [-0.2, 0) is 12.1 Å². The number of nitrogens with zero attached hydrogens (tertiary/aromatic N) is 2. The Morgan fingerprint density at radius 1 is 1.04 bits per heavy atom. The van der Waals surface area contributed by atoms with Gasteiger partial charge in [-0.3, -0.25) is 4.90 Å². The minimum Gasteiger partial charge on any atom is -0.497 e. The number of para-hydroxylation sites is 1. The molecule has 0 bridgehead atoms. The number of methoxy groups -OCH3 is 1. The van der Waals surface area contributed by atoms with E-state index in [4.69, 9.17) is 14.2 Å². The van der Waals surface area contributed by atoms with E-state index in [9.17, 15) is 5.11 Å². The largest absolute Gasteiger partial charge is 0.497 e. The Morgan fingerprint density at radius 3 is 2.68 bits per heavy atom. The summed E-state index contributed by atoms with van der Waals surface area (Å²) in [6.07, 6.45) is 1.63. The van der Waals surface area contributed by atoms with Crippen LogP contribution in [0.25, 0.3) is 0 Å². The van der Waals surface area contributed by atoms with Gasteiger partial charge in [-0.2, -0.15) is 0 Å². The quantitative estimate of drug-likeness (QED) is 0.880. The maximum absolute atomic E-state index is 11.5. The van der Waals surface area contributed by atoms with Crippen molar-refractivity contribution in [2.75, 3.05) is 51.4 Å². The van der Waals surface area contributed by atoms with Crippen molar-refractivity contribution in [3.05, 3.63) is 47.5 Å². The Kier molecular flexibility index (Phi) is 4.33. The zero-order valence-corrected chi connectivity index (χ0v) is 16.2. The molecule has 28 heavy (non-hydrogen) atoms. The normalized spacial score (nSPS) is 24.1. The van der Waals surface area contributed by atoms with Crippen molar-refractivity contribution in [1.29, 1.82) is 0 Å². The van der Waals surface area contributed by atoms with Crippen LogP contribution >= 0.6 is 0 Å². The highest BCUT2D eigenvalue weighted by atomic mass is 16.6. The molecule has 1 aliphatic carbocycles. The average Bonchev–Trinajstić information content (AvgIpc) is 3.10. The zero-order valence-electron chi connectivity index (χ0n) is 16.2. The molecule has 2 aromatic carbocycles. The highest BCUT2D eigenvalue weighted by Gasteiger charge is 2.43. The van der Waals surface area contributed by atoms with Crippen molar-refractivity contribution in [3.8, 4) is 17.2 Å². The molecule has 2 heterocycles. The van der Waals surface area contributed by atoms with Gasteiger partial charge in [-0.05, 0) is 42.7 Å². The molecule has 0 spiro atoms. The highest BCUT2D eigenvalue weighted by Crippen LogP contribution is 2.43. The summed E-state index contributed by atoms with van der Waals surface area (Å²) in [4.78, 5) is 4.54. The van der Waals surface area contributed by atoms with E-state index in [2.05, 4.69) is 21.9 Å². The fourth-order valence-electron chi connectivity index (χ4n) is 4.67. The van der Waals surface area contributed by atoms with Gasteiger partial charge in [0.25, 0.3) is 0 Å². The second-order valence-electron chi connectivity index (χ2n) is 7.62. The van der Waals surface area contributed by atoms with Crippen LogP contribution in [-0.4, -0.2) is 56.5 Å². The third-order valence-electron chi connectivity index (χ3n) is 6.18. The second kappa shape index (κ2) is 6.87. The second-order valence-corrected chi connectivity index (χ2v) is 7.62. The van der Waals surface area contributed by atoms with Crippen molar-refractivity contribution < 1.29 is 19.3 Å². The van der Waals surface area contributed by atoms with Crippen molar-refractivity contribution in [1.82, 2.24) is 4.90 Å². The van der Waals surface area contributed by atoms with Crippen LogP contribution in [0.5, 0.6) is 17.2 Å². The van der Waals surface area contributed by atoms with Gasteiger partial charge in [-0.25, -0.2) is 0 Å². The third-order valence-corrected chi connectivity index (χ3v) is 6.18. The predicted octanol–water partition coefficient (Wildman–Crippen LogP) is 2.38. The topological polar surface area (TPSA) is 54.4 Å². The number of ether oxygens (including phenoxy) is 3. The molecule has 1 saturated heterocycles. The van der Waals surface area contributed by atoms with E-state index in [1.165, 1.54) is 5.56 Å². The Labute approximate surface area is 165 Å². The summed E-state index contributed by atoms with van der Waals surface area (Å²) in [6.45, 7) is 4.43. The first-order valence-electron chi connectivity index (χ1n) is 9.97. The maximum Gasteiger partial charge on any atom is 0.184 e. The highest BCUT2D eigenvalue weighted by molar-refractivity contribution is 5.65. The van der Waals surface area contributed by atoms with Crippen LogP contribution in [0, 0.1) is 0 Å². The SMILES string of the molecule is COc1ccc2c(c1)C(O)(N1CCN(c3cccc4c3OCCO4)CC1)CC2. The van der Waals surface area contributed by atoms with Crippen LogP contribution in [0.2, 0.25) is 0 Å². The minimum atomic E-state index is -0.911. The maximum atomic E-state index is 11.5. The Morgan fingerprint density at radius 2 is 1.86 bits per heavy atom. The fourth-order valence-corrected chi connectivity index (χ4v) is 4.67. The van der Waals surface area contributed by atoms with Crippen molar-refractivity contribution >= 4 is 5.69 Å². The fraction of sp³-hybridized carbons (Fsp3) is 0.455. The molecule has 6 nitrogen and oxygen atoms in total. The molecule has 3 aliphatic rings. The Bertz CT molecular complexity index is 879. The minimum absolute atomic E-state index is 0.586. The number of piperazine rings is 1. The lowest BCUT2D eigenvalue weighted by Gasteiger charge is -2.44. The van der Waals surface area contributed by atoms with Crippen LogP contribution in [0.1, 0.15) is 17.5 Å². The first-order chi connectivity index (χ1) is 13.7. The first kappa shape index (κ1) is 17.6. The summed E-state index contributed by atoms with van der Waals surface area (Å²) < 4.78 is 17.0. The van der Waals surface area contributed by atoms with Crippen LogP contribution < -0.4 is 19.1 Å². The van der Waals surface area contributed by atoms with Crippen LogP contribution in [0.3, 0.4) is 0 Å². The van der Waals surface area contributed by atoms with Gasteiger partial charge in [0.05, 0.1) is 12.8 Å². The lowest BCUT2D eigenvalue weighted by atomic mass is 10.0. The van der Waals surface area contributed by atoms with E-state index in [1.54, 1.807) is 7.11 Å². The number of hydrogen-bond acceptors (Lipinski definition) is 6. The predicted molar refractivity (Wildman–Crippen MR) is 106 cm³/mol. The molecule has 2 aromatic rings. The van der Waals surface area contributed by atoms with Gasteiger partial charge in [0, 0.05) is 31.7 Å². The molecule has 1 atom stereocenters. The van der Waals surface area contributed by atoms with Crippen molar-refractivity contribution in [3.63, 3.8) is 0 Å². The van der Waals surface area contributed by atoms with E-state index >= 15 is 0 Å². The lowest BCUT2D eigenvalue weighted by Crippen LogP contribution is -2.55.